The molecule has 0 spiro atoms. The Morgan fingerprint density at radius 3 is 3.00 bits per heavy atom. The van der Waals surface area contributed by atoms with Gasteiger partial charge in [-0.1, -0.05) is 19.4 Å². The lowest BCUT2D eigenvalue weighted by atomic mass is 9.94. The van der Waals surface area contributed by atoms with E-state index in [9.17, 15) is 0 Å². The molecule has 0 aliphatic carbocycles. The molecule has 0 saturated carbocycles. The Hall–Kier alpha value is -0.380. The fraction of sp³-hybridized carbons (Fsp3) is 0.750. The van der Waals surface area contributed by atoms with Gasteiger partial charge >= 0.3 is 0 Å². The van der Waals surface area contributed by atoms with E-state index >= 15 is 0 Å². The lowest BCUT2D eigenvalue weighted by molar-refractivity contribution is -0.0116. The minimum Gasteiger partial charge on any atom is -0.298 e. The summed E-state index contributed by atoms with van der Waals surface area (Å²) in [4.78, 5) is 7.07. The van der Waals surface area contributed by atoms with Crippen LogP contribution in [-0.4, -0.2) is 41.5 Å². The van der Waals surface area contributed by atoms with Crippen molar-refractivity contribution in [3.05, 3.63) is 22.4 Å². The number of nitrogens with zero attached hydrogens (tertiary/aromatic N) is 2. The molecule has 3 heterocycles. The topological polar surface area (TPSA) is 6.48 Å². The quantitative estimate of drug-likeness (QED) is 0.830. The molecule has 106 valence electrons. The number of piperazine rings is 1. The minimum absolute atomic E-state index is 0.592. The van der Waals surface area contributed by atoms with Crippen LogP contribution in [0.2, 0.25) is 0 Å². The summed E-state index contributed by atoms with van der Waals surface area (Å²) in [6, 6.07) is 6.64. The van der Waals surface area contributed by atoms with Gasteiger partial charge in [-0.25, -0.2) is 0 Å². The van der Waals surface area contributed by atoms with Crippen molar-refractivity contribution in [2.24, 2.45) is 0 Å². The van der Waals surface area contributed by atoms with Crippen molar-refractivity contribution < 1.29 is 0 Å². The van der Waals surface area contributed by atoms with E-state index in [4.69, 9.17) is 0 Å². The highest BCUT2D eigenvalue weighted by molar-refractivity contribution is 7.10. The summed E-state index contributed by atoms with van der Waals surface area (Å²) < 4.78 is 0. The summed E-state index contributed by atoms with van der Waals surface area (Å²) in [5, 5.41) is 2.21. The van der Waals surface area contributed by atoms with Crippen LogP contribution in [0.3, 0.4) is 0 Å². The Morgan fingerprint density at radius 1 is 1.37 bits per heavy atom. The molecule has 2 saturated heterocycles. The monoisotopic (exact) mass is 278 g/mol. The average Bonchev–Trinajstić information content (AvgIpc) is 2.99. The number of rotatable bonds is 3. The molecule has 2 nitrogen and oxygen atoms in total. The van der Waals surface area contributed by atoms with Crippen molar-refractivity contribution >= 4 is 11.3 Å². The molecule has 1 aromatic heterocycles. The Balaban J connectivity index is 1.75. The van der Waals surface area contributed by atoms with Crippen molar-refractivity contribution in [3.63, 3.8) is 0 Å². The Bertz CT molecular complexity index is 389. The highest BCUT2D eigenvalue weighted by Gasteiger charge is 2.36. The fourth-order valence-electron chi connectivity index (χ4n) is 3.81. The highest BCUT2D eigenvalue weighted by atomic mass is 32.1. The van der Waals surface area contributed by atoms with Crippen molar-refractivity contribution in [1.82, 2.24) is 9.80 Å². The van der Waals surface area contributed by atoms with E-state index in [1.165, 1.54) is 50.2 Å². The number of thiophene rings is 1. The predicted molar refractivity (Wildman–Crippen MR) is 82.7 cm³/mol. The first-order valence-corrected chi connectivity index (χ1v) is 8.70. The number of hydrogen-bond donors (Lipinski definition) is 0. The van der Waals surface area contributed by atoms with Gasteiger partial charge in [-0.2, -0.15) is 0 Å². The van der Waals surface area contributed by atoms with Crippen LogP contribution in [0.15, 0.2) is 17.5 Å². The largest absolute Gasteiger partial charge is 0.298 e. The molecule has 0 aromatic carbocycles. The van der Waals surface area contributed by atoms with Crippen molar-refractivity contribution in [1.29, 1.82) is 0 Å². The van der Waals surface area contributed by atoms with Crippen LogP contribution in [0.5, 0.6) is 0 Å². The Morgan fingerprint density at radius 2 is 2.26 bits per heavy atom. The zero-order valence-electron chi connectivity index (χ0n) is 12.2. The van der Waals surface area contributed by atoms with Crippen molar-refractivity contribution in [2.75, 3.05) is 19.6 Å². The predicted octanol–water partition coefficient (Wildman–Crippen LogP) is 3.76. The van der Waals surface area contributed by atoms with Crippen molar-refractivity contribution in [3.8, 4) is 0 Å². The zero-order valence-corrected chi connectivity index (χ0v) is 13.0. The van der Waals surface area contributed by atoms with E-state index in [1.54, 1.807) is 0 Å². The molecular formula is C16H26N2S. The van der Waals surface area contributed by atoms with Gasteiger partial charge in [0.2, 0.25) is 0 Å². The van der Waals surface area contributed by atoms with Crippen molar-refractivity contribution in [2.45, 2.75) is 57.7 Å². The highest BCUT2D eigenvalue weighted by Crippen LogP contribution is 2.33. The second-order valence-corrected chi connectivity index (χ2v) is 7.07. The zero-order chi connectivity index (χ0) is 13.2. The first-order valence-electron chi connectivity index (χ1n) is 7.82. The third-order valence-electron chi connectivity index (χ3n) is 5.01. The molecule has 2 aliphatic rings. The van der Waals surface area contributed by atoms with E-state index in [0.29, 0.717) is 6.04 Å². The van der Waals surface area contributed by atoms with E-state index in [2.05, 4.69) is 41.2 Å². The summed E-state index contributed by atoms with van der Waals surface area (Å²) in [7, 11) is 0. The Kier molecular flexibility index (Phi) is 4.25. The van der Waals surface area contributed by atoms with Crippen LogP contribution in [-0.2, 0) is 0 Å². The standard InChI is InChI=1S/C16H26N2S/c1-3-14-11-17-9-5-4-7-15(17)12-18(14)13(2)16-8-6-10-19-16/h6,8,10,13-15H,3-5,7,9,11-12H2,1-2H3. The van der Waals surface area contributed by atoms with Crippen LogP contribution in [0.25, 0.3) is 0 Å². The van der Waals surface area contributed by atoms with Crippen LogP contribution in [0.4, 0.5) is 0 Å². The van der Waals surface area contributed by atoms with E-state index < -0.39 is 0 Å². The molecular weight excluding hydrogens is 252 g/mol. The summed E-state index contributed by atoms with van der Waals surface area (Å²) >= 11 is 1.91. The molecule has 2 fully saturated rings. The molecule has 19 heavy (non-hydrogen) atoms. The van der Waals surface area contributed by atoms with Crippen LogP contribution in [0, 0.1) is 0 Å². The molecule has 1 aromatic rings. The average molecular weight is 278 g/mol. The van der Waals surface area contributed by atoms with Crippen LogP contribution >= 0.6 is 11.3 Å². The molecule has 0 radical (unpaired) electrons. The number of hydrogen-bond acceptors (Lipinski definition) is 3. The summed E-state index contributed by atoms with van der Waals surface area (Å²) in [5.41, 5.74) is 0. The van der Waals surface area contributed by atoms with Gasteiger partial charge < -0.3 is 0 Å². The van der Waals surface area contributed by atoms with Gasteiger partial charge in [0.15, 0.2) is 0 Å². The SMILES string of the molecule is CCC1CN2CCCCC2CN1C(C)c1cccs1. The normalized spacial score (nSPS) is 31.1. The third-order valence-corrected chi connectivity index (χ3v) is 6.05. The Labute approximate surface area is 121 Å². The van der Waals surface area contributed by atoms with Gasteiger partial charge in [0.1, 0.15) is 0 Å². The van der Waals surface area contributed by atoms with Gasteiger partial charge in [0.25, 0.3) is 0 Å². The van der Waals surface area contributed by atoms with Crippen LogP contribution < -0.4 is 0 Å². The maximum absolute atomic E-state index is 2.78. The summed E-state index contributed by atoms with van der Waals surface area (Å²) in [6.45, 7) is 8.65. The van der Waals surface area contributed by atoms with Gasteiger partial charge in [-0.05, 0) is 44.2 Å². The second kappa shape index (κ2) is 5.94. The fourth-order valence-corrected chi connectivity index (χ4v) is 4.61. The molecule has 0 amide bonds. The maximum atomic E-state index is 2.78. The van der Waals surface area contributed by atoms with E-state index in [0.717, 1.165) is 12.1 Å². The molecule has 0 N–H and O–H groups in total. The van der Waals surface area contributed by atoms with Gasteiger partial charge in [0, 0.05) is 36.1 Å². The van der Waals surface area contributed by atoms with Gasteiger partial charge in [-0.3, -0.25) is 9.80 Å². The maximum Gasteiger partial charge on any atom is 0.0417 e. The summed E-state index contributed by atoms with van der Waals surface area (Å²) in [6.07, 6.45) is 5.52. The molecule has 3 rings (SSSR count). The molecule has 3 unspecified atom stereocenters. The second-order valence-electron chi connectivity index (χ2n) is 6.09. The number of piperidine rings is 1. The van der Waals surface area contributed by atoms with E-state index in [1.807, 2.05) is 11.3 Å². The third kappa shape index (κ3) is 2.74. The number of fused-ring (bicyclic) bond motifs is 1. The minimum atomic E-state index is 0.592. The van der Waals surface area contributed by atoms with Crippen LogP contribution in [0.1, 0.15) is 50.4 Å². The lowest BCUT2D eigenvalue weighted by Gasteiger charge is -2.50. The molecule has 3 atom stereocenters. The lowest BCUT2D eigenvalue weighted by Crippen LogP contribution is -2.59. The first kappa shape index (κ1) is 13.6. The van der Waals surface area contributed by atoms with E-state index in [-0.39, 0.29) is 0 Å². The molecule has 3 heteroatoms. The van der Waals surface area contributed by atoms with Gasteiger partial charge in [-0.15, -0.1) is 11.3 Å². The van der Waals surface area contributed by atoms with Gasteiger partial charge in [0.05, 0.1) is 0 Å². The smallest absolute Gasteiger partial charge is 0.0417 e. The molecule has 2 aliphatic heterocycles. The first-order chi connectivity index (χ1) is 9.29. The summed E-state index contributed by atoms with van der Waals surface area (Å²) in [5.74, 6) is 0. The molecule has 0 bridgehead atoms.